The Balaban J connectivity index is 1.88. The van der Waals surface area contributed by atoms with Crippen LogP contribution >= 0.6 is 34.5 Å². The standard InChI is InChI=1S/C16H12Cl2N2O2S/c1-8-3-4-12-13(5-8)23-16(19-12)20-15(21)9-6-10(17)14(22-2)11(18)7-9/h3-7H,1-2H3,(H,19,20,21). The highest BCUT2D eigenvalue weighted by Crippen LogP contribution is 2.34. The average Bonchev–Trinajstić information content (AvgIpc) is 2.88. The van der Waals surface area contributed by atoms with E-state index in [0.717, 1.165) is 15.8 Å². The van der Waals surface area contributed by atoms with Crippen molar-refractivity contribution in [2.75, 3.05) is 12.4 Å². The number of fused-ring (bicyclic) bond motifs is 1. The maximum absolute atomic E-state index is 12.4. The van der Waals surface area contributed by atoms with E-state index in [0.29, 0.717) is 16.4 Å². The molecule has 23 heavy (non-hydrogen) atoms. The minimum atomic E-state index is -0.327. The van der Waals surface area contributed by atoms with Crippen LogP contribution in [0.25, 0.3) is 10.2 Å². The summed E-state index contributed by atoms with van der Waals surface area (Å²) in [5, 5.41) is 3.86. The Morgan fingerprint density at radius 3 is 2.57 bits per heavy atom. The van der Waals surface area contributed by atoms with E-state index in [2.05, 4.69) is 10.3 Å². The number of rotatable bonds is 3. The van der Waals surface area contributed by atoms with Gasteiger partial charge in [0.1, 0.15) is 0 Å². The second kappa shape index (κ2) is 6.35. The summed E-state index contributed by atoms with van der Waals surface area (Å²) in [6, 6.07) is 8.97. The number of amides is 1. The van der Waals surface area contributed by atoms with Crippen LogP contribution in [-0.4, -0.2) is 18.0 Å². The van der Waals surface area contributed by atoms with Crippen molar-refractivity contribution < 1.29 is 9.53 Å². The van der Waals surface area contributed by atoms with E-state index >= 15 is 0 Å². The van der Waals surface area contributed by atoms with Gasteiger partial charge in [0.15, 0.2) is 10.9 Å². The number of aromatic nitrogens is 1. The van der Waals surface area contributed by atoms with Crippen molar-refractivity contribution >= 4 is 55.8 Å². The molecule has 0 atom stereocenters. The Bertz CT molecular complexity index is 885. The predicted octanol–water partition coefficient (Wildman–Crippen LogP) is 5.17. The number of nitrogens with one attached hydrogen (secondary N) is 1. The molecular weight excluding hydrogens is 355 g/mol. The van der Waals surface area contributed by atoms with Crippen LogP contribution in [0.15, 0.2) is 30.3 Å². The van der Waals surface area contributed by atoms with Crippen LogP contribution in [0.1, 0.15) is 15.9 Å². The Labute approximate surface area is 147 Å². The second-order valence-electron chi connectivity index (χ2n) is 4.92. The number of carbonyl (C=O) groups excluding carboxylic acids is 1. The lowest BCUT2D eigenvalue weighted by atomic mass is 10.2. The first-order valence-corrected chi connectivity index (χ1v) is 8.27. The third-order valence-electron chi connectivity index (χ3n) is 3.23. The van der Waals surface area contributed by atoms with E-state index in [1.165, 1.54) is 30.6 Å². The third kappa shape index (κ3) is 3.27. The summed E-state index contributed by atoms with van der Waals surface area (Å²) in [5.41, 5.74) is 2.34. The van der Waals surface area contributed by atoms with Gasteiger partial charge in [-0.25, -0.2) is 4.98 Å². The highest BCUT2D eigenvalue weighted by atomic mass is 35.5. The van der Waals surface area contributed by atoms with Gasteiger partial charge in [0, 0.05) is 5.56 Å². The van der Waals surface area contributed by atoms with Gasteiger partial charge >= 0.3 is 0 Å². The molecule has 0 radical (unpaired) electrons. The zero-order valence-electron chi connectivity index (χ0n) is 12.3. The number of hydrogen-bond acceptors (Lipinski definition) is 4. The number of hydrogen-bond donors (Lipinski definition) is 1. The molecule has 3 aromatic rings. The summed E-state index contributed by atoms with van der Waals surface area (Å²) in [6.07, 6.45) is 0. The van der Waals surface area contributed by atoms with Gasteiger partial charge in [-0.2, -0.15) is 0 Å². The number of carbonyl (C=O) groups is 1. The molecule has 0 aliphatic heterocycles. The van der Waals surface area contributed by atoms with Crippen LogP contribution in [0.2, 0.25) is 10.0 Å². The largest absolute Gasteiger partial charge is 0.494 e. The SMILES string of the molecule is COc1c(Cl)cc(C(=O)Nc2nc3ccc(C)cc3s2)cc1Cl. The average molecular weight is 367 g/mol. The van der Waals surface area contributed by atoms with Gasteiger partial charge < -0.3 is 4.74 Å². The number of nitrogens with zero attached hydrogens (tertiary/aromatic N) is 1. The Hall–Kier alpha value is -1.82. The van der Waals surface area contributed by atoms with Crippen molar-refractivity contribution in [3.05, 3.63) is 51.5 Å². The summed E-state index contributed by atoms with van der Waals surface area (Å²) >= 11 is 13.5. The van der Waals surface area contributed by atoms with Crippen molar-refractivity contribution in [2.24, 2.45) is 0 Å². The molecule has 1 amide bonds. The van der Waals surface area contributed by atoms with Gasteiger partial charge in [0.05, 0.1) is 27.4 Å². The minimum absolute atomic E-state index is 0.282. The second-order valence-corrected chi connectivity index (χ2v) is 6.76. The summed E-state index contributed by atoms with van der Waals surface area (Å²) in [4.78, 5) is 16.8. The maximum Gasteiger partial charge on any atom is 0.257 e. The lowest BCUT2D eigenvalue weighted by molar-refractivity contribution is 0.102. The fourth-order valence-electron chi connectivity index (χ4n) is 2.14. The topological polar surface area (TPSA) is 51.2 Å². The van der Waals surface area contributed by atoms with Gasteiger partial charge in [-0.15, -0.1) is 0 Å². The molecule has 0 fully saturated rings. The third-order valence-corrected chi connectivity index (χ3v) is 4.72. The zero-order valence-corrected chi connectivity index (χ0v) is 14.6. The molecule has 4 nitrogen and oxygen atoms in total. The van der Waals surface area contributed by atoms with Crippen LogP contribution in [0.3, 0.4) is 0 Å². The maximum atomic E-state index is 12.4. The molecule has 7 heteroatoms. The Morgan fingerprint density at radius 2 is 1.91 bits per heavy atom. The van der Waals surface area contributed by atoms with Crippen molar-refractivity contribution in [2.45, 2.75) is 6.92 Å². The highest BCUT2D eigenvalue weighted by molar-refractivity contribution is 7.22. The van der Waals surface area contributed by atoms with Crippen molar-refractivity contribution in [1.82, 2.24) is 4.98 Å². The van der Waals surface area contributed by atoms with Crippen LogP contribution < -0.4 is 10.1 Å². The molecule has 0 aliphatic rings. The number of ether oxygens (including phenoxy) is 1. The normalized spacial score (nSPS) is 10.8. The Kier molecular flexibility index (Phi) is 4.43. The number of anilines is 1. The lowest BCUT2D eigenvalue weighted by Gasteiger charge is -2.08. The molecule has 1 aromatic heterocycles. The minimum Gasteiger partial charge on any atom is -0.494 e. The number of methoxy groups -OCH3 is 1. The quantitative estimate of drug-likeness (QED) is 0.695. The van der Waals surface area contributed by atoms with Crippen LogP contribution in [-0.2, 0) is 0 Å². The molecule has 0 unspecified atom stereocenters. The first-order valence-electron chi connectivity index (χ1n) is 6.69. The summed E-state index contributed by atoms with van der Waals surface area (Å²) in [6.45, 7) is 2.01. The molecule has 1 heterocycles. The number of thiazole rings is 1. The smallest absolute Gasteiger partial charge is 0.257 e. The number of aryl methyl sites for hydroxylation is 1. The van der Waals surface area contributed by atoms with Gasteiger partial charge in [-0.3, -0.25) is 10.1 Å². The molecule has 0 aliphatic carbocycles. The van der Waals surface area contributed by atoms with Gasteiger partial charge in [0.2, 0.25) is 0 Å². The Morgan fingerprint density at radius 1 is 1.22 bits per heavy atom. The molecule has 0 spiro atoms. The monoisotopic (exact) mass is 366 g/mol. The van der Waals surface area contributed by atoms with Crippen molar-refractivity contribution in [1.29, 1.82) is 0 Å². The van der Waals surface area contributed by atoms with Crippen LogP contribution in [0.4, 0.5) is 5.13 Å². The number of benzene rings is 2. The van der Waals surface area contributed by atoms with Crippen LogP contribution in [0, 0.1) is 6.92 Å². The molecule has 0 bridgehead atoms. The fourth-order valence-corrected chi connectivity index (χ4v) is 3.74. The molecular formula is C16H12Cl2N2O2S. The van der Waals surface area contributed by atoms with Gasteiger partial charge in [-0.05, 0) is 36.8 Å². The van der Waals surface area contributed by atoms with E-state index in [9.17, 15) is 4.79 Å². The van der Waals surface area contributed by atoms with E-state index in [1.807, 2.05) is 25.1 Å². The first kappa shape index (κ1) is 16.1. The summed E-state index contributed by atoms with van der Waals surface area (Å²) in [7, 11) is 1.47. The van der Waals surface area contributed by atoms with Crippen LogP contribution in [0.5, 0.6) is 5.75 Å². The van der Waals surface area contributed by atoms with Crippen molar-refractivity contribution in [3.8, 4) is 5.75 Å². The summed E-state index contributed by atoms with van der Waals surface area (Å²) < 4.78 is 6.09. The van der Waals surface area contributed by atoms with E-state index in [1.54, 1.807) is 0 Å². The molecule has 0 saturated heterocycles. The van der Waals surface area contributed by atoms with Gasteiger partial charge in [-0.1, -0.05) is 40.6 Å². The van der Waals surface area contributed by atoms with E-state index in [-0.39, 0.29) is 16.0 Å². The van der Waals surface area contributed by atoms with Gasteiger partial charge in [0.25, 0.3) is 5.91 Å². The predicted molar refractivity (Wildman–Crippen MR) is 95.3 cm³/mol. The number of halogens is 2. The van der Waals surface area contributed by atoms with Crippen molar-refractivity contribution in [3.63, 3.8) is 0 Å². The first-order chi connectivity index (χ1) is 11.0. The fraction of sp³-hybridized carbons (Fsp3) is 0.125. The lowest BCUT2D eigenvalue weighted by Crippen LogP contribution is -2.11. The zero-order chi connectivity index (χ0) is 16.6. The molecule has 3 rings (SSSR count). The van der Waals surface area contributed by atoms with E-state index < -0.39 is 0 Å². The molecule has 118 valence electrons. The molecule has 2 aromatic carbocycles. The highest BCUT2D eigenvalue weighted by Gasteiger charge is 2.15. The van der Waals surface area contributed by atoms with E-state index in [4.69, 9.17) is 27.9 Å². The molecule has 1 N–H and O–H groups in total. The molecule has 0 saturated carbocycles. The summed E-state index contributed by atoms with van der Waals surface area (Å²) in [5.74, 6) is 0.0209.